The highest BCUT2D eigenvalue weighted by atomic mass is 32.2. The predicted octanol–water partition coefficient (Wildman–Crippen LogP) is 4.54. The summed E-state index contributed by atoms with van der Waals surface area (Å²) < 4.78 is 46.1. The molecule has 1 saturated heterocycles. The van der Waals surface area contributed by atoms with Crippen LogP contribution in [-0.2, 0) is 10.0 Å². The number of sulfonamides is 1. The van der Waals surface area contributed by atoms with Crippen LogP contribution < -0.4 is 9.04 Å². The number of piperidine rings is 1. The third-order valence-electron chi connectivity index (χ3n) is 5.47. The Morgan fingerprint density at radius 2 is 1.91 bits per heavy atom. The first-order chi connectivity index (χ1) is 15.3. The number of likely N-dealkylation sites (tertiary alicyclic amines) is 1. The highest BCUT2D eigenvalue weighted by Crippen LogP contribution is 2.25. The van der Waals surface area contributed by atoms with Gasteiger partial charge >= 0.3 is 0 Å². The lowest BCUT2D eigenvalue weighted by Crippen LogP contribution is -2.40. The molecule has 3 rings (SSSR count). The summed E-state index contributed by atoms with van der Waals surface area (Å²) in [5, 5.41) is 7.72. The first-order valence-electron chi connectivity index (χ1n) is 10.8. The Balaban J connectivity index is 1.67. The monoisotopic (exact) mass is 459 g/mol. The molecule has 6 nitrogen and oxygen atoms in total. The Morgan fingerprint density at radius 1 is 1.22 bits per heavy atom. The maximum absolute atomic E-state index is 13.4. The molecule has 0 spiro atoms. The Hall–Kier alpha value is -2.87. The van der Waals surface area contributed by atoms with Crippen molar-refractivity contribution in [3.05, 3.63) is 66.0 Å². The van der Waals surface area contributed by atoms with Crippen LogP contribution in [0, 0.1) is 11.2 Å². The molecule has 2 aromatic carbocycles. The van der Waals surface area contributed by atoms with Gasteiger partial charge in [-0.2, -0.15) is 0 Å². The second-order valence-corrected chi connectivity index (χ2v) is 9.95. The van der Waals surface area contributed by atoms with E-state index in [0.717, 1.165) is 25.9 Å². The van der Waals surface area contributed by atoms with Crippen molar-refractivity contribution in [2.45, 2.75) is 32.8 Å². The molecule has 0 aliphatic carbocycles. The van der Waals surface area contributed by atoms with E-state index in [-0.39, 0.29) is 24.2 Å². The smallest absolute Gasteiger partial charge is 0.235 e. The summed E-state index contributed by atoms with van der Waals surface area (Å²) in [7, 11) is -3.49. The molecule has 2 aromatic rings. The van der Waals surface area contributed by atoms with Gasteiger partial charge in [0.15, 0.2) is 0 Å². The van der Waals surface area contributed by atoms with Gasteiger partial charge in [-0.3, -0.25) is 9.71 Å². The molecule has 0 atom stereocenters. The van der Waals surface area contributed by atoms with Gasteiger partial charge in [0, 0.05) is 25.9 Å². The molecule has 0 radical (unpaired) electrons. The number of nitrogens with zero attached hydrogens (tertiary/aromatic N) is 2. The summed E-state index contributed by atoms with van der Waals surface area (Å²) in [4.78, 5) is 2.04. The van der Waals surface area contributed by atoms with E-state index in [1.807, 2.05) is 4.90 Å². The summed E-state index contributed by atoms with van der Waals surface area (Å²) in [6.45, 7) is 5.16. The quantitative estimate of drug-likeness (QED) is 0.465. The molecule has 0 amide bonds. The van der Waals surface area contributed by atoms with E-state index in [2.05, 4.69) is 0 Å². The lowest BCUT2D eigenvalue weighted by Gasteiger charge is -2.32. The van der Waals surface area contributed by atoms with Crippen molar-refractivity contribution in [2.24, 2.45) is 0 Å². The Kier molecular flexibility index (Phi) is 7.90. The second-order valence-electron chi connectivity index (χ2n) is 7.77. The average molecular weight is 460 g/mol. The zero-order valence-electron chi connectivity index (χ0n) is 18.5. The molecule has 1 aliphatic rings. The molecule has 1 aliphatic heterocycles. The van der Waals surface area contributed by atoms with Gasteiger partial charge in [0.2, 0.25) is 10.0 Å². The summed E-state index contributed by atoms with van der Waals surface area (Å²) in [6, 6.07) is 13.2. The van der Waals surface area contributed by atoms with Crippen molar-refractivity contribution in [1.29, 1.82) is 5.41 Å². The molecule has 1 N–H and O–H groups in total. The van der Waals surface area contributed by atoms with Crippen LogP contribution in [0.5, 0.6) is 5.75 Å². The normalized spacial score (nSPS) is 15.2. The highest BCUT2D eigenvalue weighted by Gasteiger charge is 2.22. The fraction of sp³-hybridized carbons (Fsp3) is 0.375. The van der Waals surface area contributed by atoms with Crippen LogP contribution >= 0.6 is 0 Å². The first-order valence-corrected chi connectivity index (χ1v) is 12.4. The van der Waals surface area contributed by atoms with E-state index in [4.69, 9.17) is 10.1 Å². The van der Waals surface area contributed by atoms with Crippen molar-refractivity contribution in [3.8, 4) is 5.75 Å². The molecule has 32 heavy (non-hydrogen) atoms. The van der Waals surface area contributed by atoms with Crippen molar-refractivity contribution in [3.63, 3.8) is 0 Å². The van der Waals surface area contributed by atoms with Crippen molar-refractivity contribution < 1.29 is 17.5 Å². The second kappa shape index (κ2) is 10.6. The van der Waals surface area contributed by atoms with Crippen molar-refractivity contribution >= 4 is 27.6 Å². The van der Waals surface area contributed by atoms with E-state index < -0.39 is 10.0 Å². The van der Waals surface area contributed by atoms with Gasteiger partial charge in [-0.15, -0.1) is 0 Å². The molecule has 0 saturated carbocycles. The average Bonchev–Trinajstić information content (AvgIpc) is 2.78. The minimum atomic E-state index is -3.49. The standard InChI is InChI=1S/C24H30FN3O3S/c1-3-32(29,30)28(15-5-7-20-6-4-8-21(25)18-20)22-9-11-23(12-10-22)31-24-13-16-27(17-14-24)19(2)26/h4-12,18,24,26H,3,13-17H2,1-2H3/b7-5+,26-19?. The van der Waals surface area contributed by atoms with Crippen molar-refractivity contribution in [1.82, 2.24) is 4.90 Å². The maximum atomic E-state index is 13.4. The van der Waals surface area contributed by atoms with Crippen LogP contribution in [0.15, 0.2) is 54.6 Å². The van der Waals surface area contributed by atoms with Crippen LogP contribution in [-0.4, -0.2) is 50.6 Å². The molecule has 1 heterocycles. The largest absolute Gasteiger partial charge is 0.490 e. The lowest BCUT2D eigenvalue weighted by molar-refractivity contribution is 0.130. The van der Waals surface area contributed by atoms with Crippen molar-refractivity contribution in [2.75, 3.05) is 29.7 Å². The minimum Gasteiger partial charge on any atom is -0.490 e. The molecule has 8 heteroatoms. The molecule has 0 bridgehead atoms. The fourth-order valence-corrected chi connectivity index (χ4v) is 4.69. The number of hydrogen-bond acceptors (Lipinski definition) is 4. The van der Waals surface area contributed by atoms with E-state index in [9.17, 15) is 12.8 Å². The zero-order valence-corrected chi connectivity index (χ0v) is 19.3. The Bertz CT molecular complexity index is 1050. The topological polar surface area (TPSA) is 73.7 Å². The number of halogens is 1. The van der Waals surface area contributed by atoms with Gasteiger partial charge in [0.25, 0.3) is 0 Å². The third-order valence-corrected chi connectivity index (χ3v) is 7.24. The fourth-order valence-electron chi connectivity index (χ4n) is 3.62. The number of amidine groups is 1. The summed E-state index contributed by atoms with van der Waals surface area (Å²) in [5.74, 6) is 0.920. The van der Waals surface area contributed by atoms with Crippen LogP contribution in [0.1, 0.15) is 32.3 Å². The number of hydrogen-bond donors (Lipinski definition) is 1. The summed E-state index contributed by atoms with van der Waals surface area (Å²) in [6.07, 6.45) is 5.20. The number of ether oxygens (including phenoxy) is 1. The minimum absolute atomic E-state index is 0.0237. The van der Waals surface area contributed by atoms with Crippen LogP contribution in [0.4, 0.5) is 10.1 Å². The lowest BCUT2D eigenvalue weighted by atomic mass is 10.1. The van der Waals surface area contributed by atoms with E-state index in [1.54, 1.807) is 62.4 Å². The van der Waals surface area contributed by atoms with Crippen LogP contribution in [0.2, 0.25) is 0 Å². The number of benzene rings is 2. The van der Waals surface area contributed by atoms with Gasteiger partial charge in [0.05, 0.1) is 23.8 Å². The molecule has 0 aromatic heterocycles. The van der Waals surface area contributed by atoms with Gasteiger partial charge in [-0.25, -0.2) is 12.8 Å². The number of nitrogens with one attached hydrogen (secondary N) is 1. The van der Waals surface area contributed by atoms with Crippen LogP contribution in [0.3, 0.4) is 0 Å². The van der Waals surface area contributed by atoms with Gasteiger partial charge in [-0.1, -0.05) is 24.3 Å². The number of anilines is 1. The van der Waals surface area contributed by atoms with Gasteiger partial charge in [0.1, 0.15) is 17.7 Å². The SMILES string of the molecule is CCS(=O)(=O)N(C/C=C/c1cccc(F)c1)c1ccc(OC2CCN(C(C)=N)CC2)cc1. The number of rotatable bonds is 8. The van der Waals surface area contributed by atoms with E-state index in [1.165, 1.54) is 16.4 Å². The molecular weight excluding hydrogens is 429 g/mol. The summed E-state index contributed by atoms with van der Waals surface area (Å²) >= 11 is 0. The highest BCUT2D eigenvalue weighted by molar-refractivity contribution is 7.92. The molecule has 0 unspecified atom stereocenters. The van der Waals surface area contributed by atoms with Crippen LogP contribution in [0.25, 0.3) is 6.08 Å². The van der Waals surface area contributed by atoms with E-state index in [0.29, 0.717) is 22.8 Å². The maximum Gasteiger partial charge on any atom is 0.235 e. The summed E-state index contributed by atoms with van der Waals surface area (Å²) in [5.41, 5.74) is 1.23. The van der Waals surface area contributed by atoms with E-state index >= 15 is 0 Å². The molecule has 172 valence electrons. The zero-order chi connectivity index (χ0) is 23.1. The molecule has 1 fully saturated rings. The third kappa shape index (κ3) is 6.32. The molecular formula is C24H30FN3O3S. The predicted molar refractivity (Wildman–Crippen MR) is 127 cm³/mol. The first kappa shape index (κ1) is 23.8. The van der Waals surface area contributed by atoms with Gasteiger partial charge < -0.3 is 9.64 Å². The van der Waals surface area contributed by atoms with Gasteiger partial charge in [-0.05, 0) is 55.8 Å². The Morgan fingerprint density at radius 3 is 2.50 bits per heavy atom. The Labute approximate surface area is 189 Å².